The van der Waals surface area contributed by atoms with Crippen molar-refractivity contribution in [3.8, 4) is 11.1 Å². The van der Waals surface area contributed by atoms with E-state index >= 15 is 0 Å². The topological polar surface area (TPSA) is 111 Å². The maximum absolute atomic E-state index is 13.1. The van der Waals surface area contributed by atoms with Crippen molar-refractivity contribution in [2.45, 2.75) is 40.7 Å². The minimum Gasteiger partial charge on any atom is -0.366 e. The Morgan fingerprint density at radius 1 is 0.941 bits per heavy atom. The molecule has 0 aliphatic carbocycles. The molecule has 3 aromatic rings. The lowest BCUT2D eigenvalue weighted by atomic mass is 9.92. The van der Waals surface area contributed by atoms with Gasteiger partial charge in [-0.25, -0.2) is 0 Å². The van der Waals surface area contributed by atoms with Crippen LogP contribution in [-0.2, 0) is 13.0 Å². The van der Waals surface area contributed by atoms with Gasteiger partial charge in [-0.05, 0) is 61.6 Å². The average molecular weight is 503 g/mol. The molecule has 0 fully saturated rings. The second-order valence-corrected chi connectivity index (χ2v) is 8.44. The van der Waals surface area contributed by atoms with Gasteiger partial charge in [0.15, 0.2) is 0 Å². The summed E-state index contributed by atoms with van der Waals surface area (Å²) in [6.07, 6.45) is 0.801. The fourth-order valence-corrected chi connectivity index (χ4v) is 3.74. The predicted octanol–water partition coefficient (Wildman–Crippen LogP) is 5.22. The number of hydrogen-bond acceptors (Lipinski definition) is 4. The van der Waals surface area contributed by atoms with Crippen LogP contribution < -0.4 is 16.8 Å². The standard InChI is InChI=1S/C26H30N4O2.2ClH/c1-15(2)13-22-21(14-27)23(18-7-5-16(3)6-8-18)24(17(4)29-22)30-26(32)20-11-9-19(10-12-20)25(28)31;;/h5-12,15H,13-14,27H2,1-4H3,(H2,28,31)(H,30,32);2*1H. The number of carbonyl (C=O) groups is 2. The maximum Gasteiger partial charge on any atom is 0.255 e. The minimum absolute atomic E-state index is 0. The number of nitrogens with two attached hydrogens (primary N) is 2. The number of primary amides is 1. The largest absolute Gasteiger partial charge is 0.366 e. The van der Waals surface area contributed by atoms with Crippen molar-refractivity contribution in [3.63, 3.8) is 0 Å². The third kappa shape index (κ3) is 6.56. The number of pyridine rings is 1. The zero-order chi connectivity index (χ0) is 23.4. The first-order valence-corrected chi connectivity index (χ1v) is 10.7. The van der Waals surface area contributed by atoms with Crippen molar-refractivity contribution in [2.75, 3.05) is 5.32 Å². The summed E-state index contributed by atoms with van der Waals surface area (Å²) in [7, 11) is 0. The third-order valence-corrected chi connectivity index (χ3v) is 5.38. The quantitative estimate of drug-likeness (QED) is 0.411. The smallest absolute Gasteiger partial charge is 0.255 e. The zero-order valence-electron chi connectivity index (χ0n) is 19.8. The molecule has 34 heavy (non-hydrogen) atoms. The van der Waals surface area contributed by atoms with Gasteiger partial charge < -0.3 is 16.8 Å². The Morgan fingerprint density at radius 2 is 1.50 bits per heavy atom. The van der Waals surface area contributed by atoms with E-state index in [1.165, 1.54) is 0 Å². The summed E-state index contributed by atoms with van der Waals surface area (Å²) in [6.45, 7) is 8.54. The fraction of sp³-hybridized carbons (Fsp3) is 0.269. The molecule has 0 aliphatic rings. The molecule has 0 unspecified atom stereocenters. The number of nitrogens with zero attached hydrogens (tertiary/aromatic N) is 1. The van der Waals surface area contributed by atoms with Gasteiger partial charge in [0.1, 0.15) is 0 Å². The fourth-order valence-electron chi connectivity index (χ4n) is 3.74. The van der Waals surface area contributed by atoms with E-state index in [0.717, 1.165) is 40.1 Å². The summed E-state index contributed by atoms with van der Waals surface area (Å²) in [6, 6.07) is 14.4. The highest BCUT2D eigenvalue weighted by atomic mass is 35.5. The van der Waals surface area contributed by atoms with Crippen molar-refractivity contribution >= 4 is 42.3 Å². The Hall–Kier alpha value is -2.93. The van der Waals surface area contributed by atoms with E-state index in [9.17, 15) is 9.59 Å². The molecule has 0 saturated carbocycles. The second-order valence-electron chi connectivity index (χ2n) is 8.44. The minimum atomic E-state index is -0.535. The Morgan fingerprint density at radius 3 is 2.00 bits per heavy atom. The van der Waals surface area contributed by atoms with Crippen LogP contribution in [0.3, 0.4) is 0 Å². The predicted molar refractivity (Wildman–Crippen MR) is 143 cm³/mol. The number of benzene rings is 2. The third-order valence-electron chi connectivity index (χ3n) is 5.38. The number of aromatic nitrogens is 1. The molecule has 2 aromatic carbocycles. The van der Waals surface area contributed by atoms with E-state index in [1.807, 2.05) is 38.1 Å². The van der Waals surface area contributed by atoms with Crippen LogP contribution in [0.2, 0.25) is 0 Å². The molecule has 182 valence electrons. The highest BCUT2D eigenvalue weighted by molar-refractivity contribution is 6.07. The van der Waals surface area contributed by atoms with Gasteiger partial charge >= 0.3 is 0 Å². The highest BCUT2D eigenvalue weighted by Crippen LogP contribution is 2.36. The van der Waals surface area contributed by atoms with E-state index in [0.29, 0.717) is 29.3 Å². The molecule has 6 nitrogen and oxygen atoms in total. The summed E-state index contributed by atoms with van der Waals surface area (Å²) in [5.74, 6) is -0.409. The van der Waals surface area contributed by atoms with E-state index in [2.05, 4.69) is 19.2 Å². The lowest BCUT2D eigenvalue weighted by Crippen LogP contribution is -2.18. The first-order chi connectivity index (χ1) is 15.2. The van der Waals surface area contributed by atoms with Crippen molar-refractivity contribution in [2.24, 2.45) is 17.4 Å². The Bertz CT molecular complexity index is 1140. The number of aryl methyl sites for hydroxylation is 2. The molecule has 0 aliphatic heterocycles. The van der Waals surface area contributed by atoms with E-state index < -0.39 is 5.91 Å². The van der Waals surface area contributed by atoms with Gasteiger partial charge in [0.2, 0.25) is 5.91 Å². The molecular weight excluding hydrogens is 471 g/mol. The van der Waals surface area contributed by atoms with Crippen LogP contribution in [0.15, 0.2) is 48.5 Å². The van der Waals surface area contributed by atoms with Gasteiger partial charge in [0.05, 0.1) is 11.4 Å². The van der Waals surface area contributed by atoms with Crippen LogP contribution in [0, 0.1) is 19.8 Å². The average Bonchev–Trinajstić information content (AvgIpc) is 2.75. The lowest BCUT2D eigenvalue weighted by Gasteiger charge is -2.21. The molecule has 1 aromatic heterocycles. The Labute approximate surface area is 213 Å². The van der Waals surface area contributed by atoms with Gasteiger partial charge in [0, 0.05) is 28.9 Å². The van der Waals surface area contributed by atoms with E-state index in [4.69, 9.17) is 16.5 Å². The summed E-state index contributed by atoms with van der Waals surface area (Å²) < 4.78 is 0. The van der Waals surface area contributed by atoms with Crippen LogP contribution in [0.25, 0.3) is 11.1 Å². The highest BCUT2D eigenvalue weighted by Gasteiger charge is 2.21. The first-order valence-electron chi connectivity index (χ1n) is 10.7. The second kappa shape index (κ2) is 12.5. The zero-order valence-corrected chi connectivity index (χ0v) is 21.5. The maximum atomic E-state index is 13.1. The normalized spacial score (nSPS) is 10.3. The molecule has 0 atom stereocenters. The van der Waals surface area contributed by atoms with Crippen LogP contribution in [0.5, 0.6) is 0 Å². The van der Waals surface area contributed by atoms with Crippen LogP contribution in [0.1, 0.15) is 57.1 Å². The van der Waals surface area contributed by atoms with Gasteiger partial charge in [-0.2, -0.15) is 0 Å². The van der Waals surface area contributed by atoms with E-state index in [-0.39, 0.29) is 30.7 Å². The Balaban J connectivity index is 0.00000289. The molecule has 0 radical (unpaired) electrons. The van der Waals surface area contributed by atoms with Gasteiger partial charge in [-0.15, -0.1) is 24.8 Å². The summed E-state index contributed by atoms with van der Waals surface area (Å²) in [5.41, 5.74) is 18.6. The summed E-state index contributed by atoms with van der Waals surface area (Å²) in [5, 5.41) is 3.04. The molecule has 8 heteroatoms. The molecule has 1 heterocycles. The summed E-state index contributed by atoms with van der Waals surface area (Å²) >= 11 is 0. The molecule has 2 amide bonds. The molecular formula is C26H32Cl2N4O2. The van der Waals surface area contributed by atoms with Gasteiger partial charge in [-0.1, -0.05) is 43.7 Å². The van der Waals surface area contributed by atoms with Crippen molar-refractivity contribution < 1.29 is 9.59 Å². The number of rotatable bonds is 7. The van der Waals surface area contributed by atoms with Crippen LogP contribution in [-0.4, -0.2) is 16.8 Å². The van der Waals surface area contributed by atoms with Crippen molar-refractivity contribution in [3.05, 3.63) is 82.2 Å². The van der Waals surface area contributed by atoms with Gasteiger partial charge in [0.25, 0.3) is 5.91 Å². The number of amides is 2. The molecule has 0 bridgehead atoms. The molecule has 0 spiro atoms. The molecule has 0 saturated heterocycles. The summed E-state index contributed by atoms with van der Waals surface area (Å²) in [4.78, 5) is 29.2. The molecule has 5 N–H and O–H groups in total. The van der Waals surface area contributed by atoms with Crippen molar-refractivity contribution in [1.82, 2.24) is 4.98 Å². The number of nitrogens with one attached hydrogen (secondary N) is 1. The number of hydrogen-bond donors (Lipinski definition) is 3. The SMILES string of the molecule is Cc1ccc(-c2c(CN)c(CC(C)C)nc(C)c2NC(=O)c2ccc(C(N)=O)cc2)cc1.Cl.Cl. The Kier molecular flexibility index (Phi) is 10.7. The number of anilines is 1. The monoisotopic (exact) mass is 502 g/mol. The van der Waals surface area contributed by atoms with Crippen molar-refractivity contribution in [1.29, 1.82) is 0 Å². The van der Waals surface area contributed by atoms with Crippen LogP contribution in [0.4, 0.5) is 5.69 Å². The first kappa shape index (κ1) is 29.1. The van der Waals surface area contributed by atoms with Gasteiger partial charge in [-0.3, -0.25) is 14.6 Å². The number of halogens is 2. The lowest BCUT2D eigenvalue weighted by molar-refractivity contribution is 0.0995. The van der Waals surface area contributed by atoms with Crippen LogP contribution >= 0.6 is 24.8 Å². The number of carbonyl (C=O) groups excluding carboxylic acids is 2. The molecule has 3 rings (SSSR count). The van der Waals surface area contributed by atoms with E-state index in [1.54, 1.807) is 24.3 Å².